The first-order valence-electron chi connectivity index (χ1n) is 6.38. The van der Waals surface area contributed by atoms with Crippen molar-refractivity contribution in [3.8, 4) is 0 Å². The Morgan fingerprint density at radius 3 is 2.87 bits per heavy atom. The van der Waals surface area contributed by atoms with Gasteiger partial charge < -0.3 is 10.5 Å². The van der Waals surface area contributed by atoms with Gasteiger partial charge in [-0.25, -0.2) is 0 Å². The van der Waals surface area contributed by atoms with E-state index < -0.39 is 0 Å². The molecule has 3 nitrogen and oxygen atoms in total. The molecule has 3 heteroatoms. The average molecular weight is 212 g/mol. The minimum atomic E-state index is 0.298. The second-order valence-corrected chi connectivity index (χ2v) is 5.05. The van der Waals surface area contributed by atoms with Gasteiger partial charge in [-0.2, -0.15) is 0 Å². The molecule has 2 heterocycles. The number of nitrogens with two attached hydrogens (primary N) is 1. The van der Waals surface area contributed by atoms with Crippen LogP contribution in [0.15, 0.2) is 0 Å². The fourth-order valence-corrected chi connectivity index (χ4v) is 2.89. The van der Waals surface area contributed by atoms with Gasteiger partial charge in [0.1, 0.15) is 0 Å². The zero-order chi connectivity index (χ0) is 10.7. The Bertz CT molecular complexity index is 190. The zero-order valence-electron chi connectivity index (χ0n) is 9.82. The van der Waals surface area contributed by atoms with Crippen molar-refractivity contribution in [2.45, 2.75) is 57.2 Å². The third-order valence-electron chi connectivity index (χ3n) is 3.73. The van der Waals surface area contributed by atoms with Crippen LogP contribution >= 0.6 is 0 Å². The highest BCUT2D eigenvalue weighted by Gasteiger charge is 2.28. The highest BCUT2D eigenvalue weighted by atomic mass is 16.5. The van der Waals surface area contributed by atoms with Crippen molar-refractivity contribution < 1.29 is 4.74 Å². The lowest BCUT2D eigenvalue weighted by Gasteiger charge is -2.39. The molecule has 0 spiro atoms. The number of likely N-dealkylation sites (tertiary alicyclic amines) is 1. The van der Waals surface area contributed by atoms with Crippen LogP contribution in [-0.2, 0) is 4.74 Å². The molecule has 0 aromatic carbocycles. The van der Waals surface area contributed by atoms with E-state index in [0.29, 0.717) is 18.2 Å². The van der Waals surface area contributed by atoms with E-state index in [1.165, 1.54) is 38.6 Å². The molecule has 2 aliphatic heterocycles. The molecule has 3 atom stereocenters. The average Bonchev–Trinajstić information content (AvgIpc) is 2.71. The minimum Gasteiger partial charge on any atom is -0.377 e. The second-order valence-electron chi connectivity index (χ2n) is 5.05. The molecule has 0 amide bonds. The summed E-state index contributed by atoms with van der Waals surface area (Å²) in [4.78, 5) is 2.56. The third kappa shape index (κ3) is 2.92. The first-order valence-corrected chi connectivity index (χ1v) is 6.38. The molecule has 0 radical (unpaired) electrons. The van der Waals surface area contributed by atoms with Gasteiger partial charge in [0.2, 0.25) is 0 Å². The van der Waals surface area contributed by atoms with Crippen LogP contribution in [-0.4, -0.2) is 42.8 Å². The van der Waals surface area contributed by atoms with Crippen molar-refractivity contribution in [2.75, 3.05) is 19.7 Å². The summed E-state index contributed by atoms with van der Waals surface area (Å²) in [7, 11) is 0. The van der Waals surface area contributed by atoms with Gasteiger partial charge in [-0.05, 0) is 39.2 Å². The fraction of sp³-hybridized carbons (Fsp3) is 1.00. The Kier molecular flexibility index (Phi) is 4.00. The molecule has 2 rings (SSSR count). The van der Waals surface area contributed by atoms with Gasteiger partial charge in [-0.3, -0.25) is 4.90 Å². The van der Waals surface area contributed by atoms with E-state index in [2.05, 4.69) is 11.8 Å². The Labute approximate surface area is 93.0 Å². The maximum Gasteiger partial charge on any atom is 0.0702 e. The number of hydrogen-bond acceptors (Lipinski definition) is 3. The van der Waals surface area contributed by atoms with Crippen molar-refractivity contribution in [1.29, 1.82) is 0 Å². The number of piperidine rings is 1. The summed E-state index contributed by atoms with van der Waals surface area (Å²) in [6.45, 7) is 5.41. The predicted octanol–water partition coefficient (Wildman–Crippen LogP) is 1.37. The van der Waals surface area contributed by atoms with Crippen LogP contribution < -0.4 is 5.73 Å². The van der Waals surface area contributed by atoms with E-state index in [4.69, 9.17) is 10.5 Å². The summed E-state index contributed by atoms with van der Waals surface area (Å²) in [6, 6.07) is 0.884. The molecule has 2 saturated heterocycles. The summed E-state index contributed by atoms with van der Waals surface area (Å²) >= 11 is 0. The molecule has 0 aliphatic carbocycles. The number of hydrogen-bond donors (Lipinski definition) is 1. The van der Waals surface area contributed by atoms with E-state index in [0.717, 1.165) is 13.2 Å². The molecule has 88 valence electrons. The van der Waals surface area contributed by atoms with Gasteiger partial charge in [-0.1, -0.05) is 6.42 Å². The SMILES string of the molecule is CC(N)C1CCCCN1CC1CCCO1. The van der Waals surface area contributed by atoms with E-state index in [-0.39, 0.29) is 0 Å². The van der Waals surface area contributed by atoms with E-state index >= 15 is 0 Å². The molecule has 2 fully saturated rings. The van der Waals surface area contributed by atoms with Crippen molar-refractivity contribution in [3.05, 3.63) is 0 Å². The molecule has 0 saturated carbocycles. The van der Waals surface area contributed by atoms with Crippen molar-refractivity contribution in [3.63, 3.8) is 0 Å². The molecule has 0 aromatic rings. The zero-order valence-corrected chi connectivity index (χ0v) is 9.82. The highest BCUT2D eigenvalue weighted by Crippen LogP contribution is 2.22. The maximum atomic E-state index is 6.05. The standard InChI is InChI=1S/C12H24N2O/c1-10(13)12-6-2-3-7-14(12)9-11-5-4-8-15-11/h10-12H,2-9,13H2,1H3. The fourth-order valence-electron chi connectivity index (χ4n) is 2.89. The quantitative estimate of drug-likeness (QED) is 0.768. The topological polar surface area (TPSA) is 38.5 Å². The summed E-state index contributed by atoms with van der Waals surface area (Å²) in [5, 5.41) is 0. The number of rotatable bonds is 3. The van der Waals surface area contributed by atoms with Crippen molar-refractivity contribution in [2.24, 2.45) is 5.73 Å². The lowest BCUT2D eigenvalue weighted by Crippen LogP contribution is -2.51. The van der Waals surface area contributed by atoms with Crippen LogP contribution in [0.25, 0.3) is 0 Å². The predicted molar refractivity (Wildman–Crippen MR) is 61.8 cm³/mol. The molecule has 0 bridgehead atoms. The monoisotopic (exact) mass is 212 g/mol. The van der Waals surface area contributed by atoms with Gasteiger partial charge in [0.25, 0.3) is 0 Å². The van der Waals surface area contributed by atoms with Crippen LogP contribution in [0.5, 0.6) is 0 Å². The lowest BCUT2D eigenvalue weighted by atomic mass is 9.96. The van der Waals surface area contributed by atoms with Gasteiger partial charge >= 0.3 is 0 Å². The van der Waals surface area contributed by atoms with Crippen molar-refractivity contribution >= 4 is 0 Å². The highest BCUT2D eigenvalue weighted by molar-refractivity contribution is 4.85. The summed E-state index contributed by atoms with van der Waals surface area (Å²) in [5.41, 5.74) is 6.05. The molecule has 3 unspecified atom stereocenters. The van der Waals surface area contributed by atoms with Crippen LogP contribution in [0.1, 0.15) is 39.0 Å². The van der Waals surface area contributed by atoms with Crippen LogP contribution in [0.3, 0.4) is 0 Å². The molecular weight excluding hydrogens is 188 g/mol. The van der Waals surface area contributed by atoms with Gasteiger partial charge in [0.15, 0.2) is 0 Å². The normalized spacial score (nSPS) is 35.6. The van der Waals surface area contributed by atoms with Crippen LogP contribution in [0, 0.1) is 0 Å². The molecule has 0 aromatic heterocycles. The minimum absolute atomic E-state index is 0.298. The molecule has 2 N–H and O–H groups in total. The largest absolute Gasteiger partial charge is 0.377 e. The molecule has 15 heavy (non-hydrogen) atoms. The van der Waals surface area contributed by atoms with Gasteiger partial charge in [0.05, 0.1) is 6.10 Å². The first-order chi connectivity index (χ1) is 7.27. The maximum absolute atomic E-state index is 6.05. The Hall–Kier alpha value is -0.120. The van der Waals surface area contributed by atoms with E-state index in [9.17, 15) is 0 Å². The lowest BCUT2D eigenvalue weighted by molar-refractivity contribution is 0.0392. The molecule has 2 aliphatic rings. The Morgan fingerprint density at radius 1 is 1.33 bits per heavy atom. The van der Waals surface area contributed by atoms with Crippen LogP contribution in [0.2, 0.25) is 0 Å². The summed E-state index contributed by atoms with van der Waals surface area (Å²) in [6.07, 6.45) is 6.89. The van der Waals surface area contributed by atoms with Gasteiger partial charge in [-0.15, -0.1) is 0 Å². The van der Waals surface area contributed by atoms with Crippen LogP contribution in [0.4, 0.5) is 0 Å². The van der Waals surface area contributed by atoms with E-state index in [1.807, 2.05) is 0 Å². The molecular formula is C12H24N2O. The van der Waals surface area contributed by atoms with E-state index in [1.54, 1.807) is 0 Å². The Balaban J connectivity index is 1.86. The van der Waals surface area contributed by atoms with Gasteiger partial charge in [0, 0.05) is 25.2 Å². The number of ether oxygens (including phenoxy) is 1. The second kappa shape index (κ2) is 5.28. The number of nitrogens with zero attached hydrogens (tertiary/aromatic N) is 1. The summed E-state index contributed by atoms with van der Waals surface area (Å²) in [5.74, 6) is 0. The summed E-state index contributed by atoms with van der Waals surface area (Å²) < 4.78 is 5.70. The van der Waals surface area contributed by atoms with Crippen molar-refractivity contribution in [1.82, 2.24) is 4.90 Å². The Morgan fingerprint density at radius 2 is 2.20 bits per heavy atom. The third-order valence-corrected chi connectivity index (χ3v) is 3.73. The first kappa shape index (κ1) is 11.4. The smallest absolute Gasteiger partial charge is 0.0702 e.